The molecular formula is C13H26O2. The Balaban J connectivity index is 2.18. The summed E-state index contributed by atoms with van der Waals surface area (Å²) >= 11 is 0. The maximum atomic E-state index is 9.74. The van der Waals surface area contributed by atoms with Gasteiger partial charge in [-0.05, 0) is 44.9 Å². The molecule has 0 unspecified atom stereocenters. The normalized spacial score (nSPS) is 28.0. The average Bonchev–Trinajstić information content (AvgIpc) is 2.14. The van der Waals surface area contributed by atoms with Gasteiger partial charge in [-0.3, -0.25) is 0 Å². The summed E-state index contributed by atoms with van der Waals surface area (Å²) in [6.07, 6.45) is 8.20. The van der Waals surface area contributed by atoms with Gasteiger partial charge in [0.2, 0.25) is 0 Å². The summed E-state index contributed by atoms with van der Waals surface area (Å²) in [5.74, 6) is 1.55. The van der Waals surface area contributed by atoms with Gasteiger partial charge in [-0.25, -0.2) is 0 Å². The molecule has 0 atom stereocenters. The summed E-state index contributed by atoms with van der Waals surface area (Å²) in [6, 6.07) is 0. The van der Waals surface area contributed by atoms with E-state index in [9.17, 15) is 5.11 Å². The minimum atomic E-state index is -0.497. The van der Waals surface area contributed by atoms with Crippen LogP contribution >= 0.6 is 0 Å². The van der Waals surface area contributed by atoms with Crippen LogP contribution in [0, 0.1) is 11.8 Å². The van der Waals surface area contributed by atoms with Gasteiger partial charge in [0.25, 0.3) is 0 Å². The van der Waals surface area contributed by atoms with Crippen molar-refractivity contribution >= 4 is 0 Å². The standard InChI is InChI=1S/C13H26O2/c1-13(2,15)10-12-7-5-11(6-8-12)4-3-9-14/h11-12,14-15H,3-10H2,1-2H3. The van der Waals surface area contributed by atoms with Crippen LogP contribution in [0.25, 0.3) is 0 Å². The van der Waals surface area contributed by atoms with Crippen molar-refractivity contribution in [2.24, 2.45) is 11.8 Å². The maximum Gasteiger partial charge on any atom is 0.0594 e. The van der Waals surface area contributed by atoms with Crippen LogP contribution in [0.2, 0.25) is 0 Å². The highest BCUT2D eigenvalue weighted by molar-refractivity contribution is 4.78. The summed E-state index contributed by atoms with van der Waals surface area (Å²) in [7, 11) is 0. The third-order valence-corrected chi connectivity index (χ3v) is 3.53. The molecular weight excluding hydrogens is 188 g/mol. The molecule has 0 heterocycles. The van der Waals surface area contributed by atoms with E-state index in [0.29, 0.717) is 6.61 Å². The molecule has 1 rings (SSSR count). The van der Waals surface area contributed by atoms with Crippen molar-refractivity contribution in [1.82, 2.24) is 0 Å². The Labute approximate surface area is 93.7 Å². The Morgan fingerprint density at radius 1 is 1.07 bits per heavy atom. The lowest BCUT2D eigenvalue weighted by Crippen LogP contribution is -2.26. The molecule has 2 heteroatoms. The number of rotatable bonds is 5. The van der Waals surface area contributed by atoms with Crippen LogP contribution in [0.3, 0.4) is 0 Å². The molecule has 0 aromatic carbocycles. The zero-order valence-corrected chi connectivity index (χ0v) is 10.2. The molecule has 0 aliphatic heterocycles. The third kappa shape index (κ3) is 5.53. The molecule has 0 radical (unpaired) electrons. The van der Waals surface area contributed by atoms with Crippen LogP contribution in [-0.4, -0.2) is 22.4 Å². The molecule has 0 spiro atoms. The predicted octanol–water partition coefficient (Wildman–Crippen LogP) is 2.73. The molecule has 1 aliphatic carbocycles. The van der Waals surface area contributed by atoms with Crippen LogP contribution in [-0.2, 0) is 0 Å². The molecule has 2 nitrogen and oxygen atoms in total. The van der Waals surface area contributed by atoms with E-state index in [4.69, 9.17) is 5.11 Å². The van der Waals surface area contributed by atoms with E-state index < -0.39 is 5.60 Å². The minimum absolute atomic E-state index is 0.337. The first kappa shape index (κ1) is 13.0. The largest absolute Gasteiger partial charge is 0.396 e. The minimum Gasteiger partial charge on any atom is -0.396 e. The van der Waals surface area contributed by atoms with Gasteiger partial charge in [0.05, 0.1) is 5.60 Å². The van der Waals surface area contributed by atoms with Gasteiger partial charge in [0.15, 0.2) is 0 Å². The second-order valence-corrected chi connectivity index (χ2v) is 5.77. The fourth-order valence-electron chi connectivity index (χ4n) is 2.81. The lowest BCUT2D eigenvalue weighted by molar-refractivity contribution is 0.0417. The Kier molecular flexibility index (Phi) is 5.07. The molecule has 0 bridgehead atoms. The SMILES string of the molecule is CC(C)(O)CC1CCC(CCCO)CC1. The average molecular weight is 214 g/mol. The lowest BCUT2D eigenvalue weighted by Gasteiger charge is -2.32. The van der Waals surface area contributed by atoms with Crippen molar-refractivity contribution in [3.8, 4) is 0 Å². The highest BCUT2D eigenvalue weighted by Crippen LogP contribution is 2.35. The molecule has 0 saturated heterocycles. The molecule has 1 saturated carbocycles. The summed E-state index contributed by atoms with van der Waals surface area (Å²) in [4.78, 5) is 0. The second-order valence-electron chi connectivity index (χ2n) is 5.77. The quantitative estimate of drug-likeness (QED) is 0.738. The Morgan fingerprint density at radius 2 is 1.60 bits per heavy atom. The fourth-order valence-corrected chi connectivity index (χ4v) is 2.81. The van der Waals surface area contributed by atoms with E-state index in [-0.39, 0.29) is 0 Å². The first-order chi connectivity index (χ1) is 7.01. The number of aliphatic hydroxyl groups is 2. The van der Waals surface area contributed by atoms with Gasteiger partial charge in [0, 0.05) is 6.61 Å². The van der Waals surface area contributed by atoms with Crippen molar-refractivity contribution in [1.29, 1.82) is 0 Å². The molecule has 0 amide bonds. The van der Waals surface area contributed by atoms with E-state index >= 15 is 0 Å². The Morgan fingerprint density at radius 3 is 2.07 bits per heavy atom. The van der Waals surface area contributed by atoms with Crippen LogP contribution < -0.4 is 0 Å². The van der Waals surface area contributed by atoms with Crippen LogP contribution in [0.5, 0.6) is 0 Å². The molecule has 0 aromatic rings. The Bertz CT molecular complexity index is 164. The topological polar surface area (TPSA) is 40.5 Å². The number of hydrogen-bond donors (Lipinski definition) is 2. The maximum absolute atomic E-state index is 9.74. The molecule has 0 aromatic heterocycles. The summed E-state index contributed by atoms with van der Waals surface area (Å²) in [5.41, 5.74) is -0.497. The molecule has 90 valence electrons. The van der Waals surface area contributed by atoms with Gasteiger partial charge in [-0.15, -0.1) is 0 Å². The van der Waals surface area contributed by atoms with Gasteiger partial charge >= 0.3 is 0 Å². The van der Waals surface area contributed by atoms with E-state index in [1.165, 1.54) is 32.1 Å². The third-order valence-electron chi connectivity index (χ3n) is 3.53. The van der Waals surface area contributed by atoms with Crippen molar-refractivity contribution in [3.05, 3.63) is 0 Å². The highest BCUT2D eigenvalue weighted by atomic mass is 16.3. The Hall–Kier alpha value is -0.0800. The molecule has 1 aliphatic rings. The first-order valence-electron chi connectivity index (χ1n) is 6.34. The van der Waals surface area contributed by atoms with Crippen LogP contribution in [0.4, 0.5) is 0 Å². The molecule has 15 heavy (non-hydrogen) atoms. The zero-order valence-electron chi connectivity index (χ0n) is 10.2. The summed E-state index contributed by atoms with van der Waals surface area (Å²) < 4.78 is 0. The van der Waals surface area contributed by atoms with Gasteiger partial charge < -0.3 is 10.2 Å². The van der Waals surface area contributed by atoms with Gasteiger partial charge in [0.1, 0.15) is 0 Å². The predicted molar refractivity (Wildman–Crippen MR) is 62.7 cm³/mol. The van der Waals surface area contributed by atoms with E-state index in [2.05, 4.69) is 0 Å². The van der Waals surface area contributed by atoms with Gasteiger partial charge in [-0.1, -0.05) is 25.7 Å². The van der Waals surface area contributed by atoms with Crippen molar-refractivity contribution < 1.29 is 10.2 Å². The highest BCUT2D eigenvalue weighted by Gasteiger charge is 2.25. The zero-order chi connectivity index (χ0) is 11.3. The number of aliphatic hydroxyl groups excluding tert-OH is 1. The number of hydrogen-bond acceptors (Lipinski definition) is 2. The summed E-state index contributed by atoms with van der Waals surface area (Å²) in [5, 5.41) is 18.5. The van der Waals surface area contributed by atoms with Crippen molar-refractivity contribution in [2.75, 3.05) is 6.61 Å². The summed E-state index contributed by atoms with van der Waals surface area (Å²) in [6.45, 7) is 4.15. The van der Waals surface area contributed by atoms with Crippen LogP contribution in [0.1, 0.15) is 58.8 Å². The van der Waals surface area contributed by atoms with E-state index in [1.54, 1.807) is 0 Å². The van der Waals surface area contributed by atoms with Crippen molar-refractivity contribution in [2.45, 2.75) is 64.4 Å². The lowest BCUT2D eigenvalue weighted by atomic mass is 9.76. The second kappa shape index (κ2) is 5.86. The smallest absolute Gasteiger partial charge is 0.0594 e. The van der Waals surface area contributed by atoms with E-state index in [0.717, 1.165) is 24.7 Å². The monoisotopic (exact) mass is 214 g/mol. The first-order valence-corrected chi connectivity index (χ1v) is 6.34. The van der Waals surface area contributed by atoms with Crippen LogP contribution in [0.15, 0.2) is 0 Å². The van der Waals surface area contributed by atoms with E-state index in [1.807, 2.05) is 13.8 Å². The van der Waals surface area contributed by atoms with Gasteiger partial charge in [-0.2, -0.15) is 0 Å². The fraction of sp³-hybridized carbons (Fsp3) is 1.00. The molecule has 2 N–H and O–H groups in total. The van der Waals surface area contributed by atoms with Crippen molar-refractivity contribution in [3.63, 3.8) is 0 Å². The molecule has 1 fully saturated rings.